The van der Waals surface area contributed by atoms with Gasteiger partial charge in [0.25, 0.3) is 8.25 Å². The molecule has 0 saturated heterocycles. The van der Waals surface area contributed by atoms with Crippen LogP contribution in [0.3, 0.4) is 0 Å². The normalized spacial score (nSPS) is 3.71. The average molecular weight is 175 g/mol. The van der Waals surface area contributed by atoms with Crippen molar-refractivity contribution >= 4 is 8.25 Å². The van der Waals surface area contributed by atoms with Crippen molar-refractivity contribution in [3.63, 3.8) is 0 Å². The van der Waals surface area contributed by atoms with Gasteiger partial charge in [-0.15, -0.1) is 0 Å². The molecule has 0 aromatic carbocycles. The zero-order valence-corrected chi connectivity index (χ0v) is 11.3. The third-order valence-corrected chi connectivity index (χ3v) is 0. The van der Waals surface area contributed by atoms with Gasteiger partial charge in [-0.25, -0.2) is 0 Å². The van der Waals surface area contributed by atoms with Crippen molar-refractivity contribution in [2.45, 2.75) is 0 Å². The molecule has 0 aliphatic heterocycles. The molecule has 32 valence electrons. The zero-order chi connectivity index (χ0) is 3.58. The number of rotatable bonds is 0. The summed E-state index contributed by atoms with van der Waals surface area (Å²) in [5.41, 5.74) is 0. The summed E-state index contributed by atoms with van der Waals surface area (Å²) in [4.78, 5) is 17.0. The fraction of sp³-hybridized carbons (Fsp3) is 0. The van der Waals surface area contributed by atoms with Crippen LogP contribution in [0.4, 0.5) is 0 Å². The maximum absolute atomic E-state index is 8.48. The molecule has 0 atom stereocenters. The summed E-state index contributed by atoms with van der Waals surface area (Å²) in [5.74, 6) is 0. The molecular formula is H2K2O4P+. The maximum Gasteiger partial charge on any atom is 1.00 e. The van der Waals surface area contributed by atoms with Crippen LogP contribution in [0, 0.1) is 0 Å². The third kappa shape index (κ3) is 46.0. The van der Waals surface area contributed by atoms with Gasteiger partial charge in [0.05, 0.1) is 0 Å². The van der Waals surface area contributed by atoms with E-state index in [0.29, 0.717) is 0 Å². The maximum atomic E-state index is 8.48. The smallest absolute Gasteiger partial charge is 0.598 e. The Bertz CT molecular complexity index is 32.7. The summed E-state index contributed by atoms with van der Waals surface area (Å²) in [7, 11) is -3.37. The van der Waals surface area contributed by atoms with Gasteiger partial charge in [0.2, 0.25) is 0 Å². The van der Waals surface area contributed by atoms with Gasteiger partial charge in [0.15, 0.2) is 0 Å². The van der Waals surface area contributed by atoms with E-state index in [2.05, 4.69) is 0 Å². The Morgan fingerprint density at radius 1 is 1.14 bits per heavy atom. The van der Waals surface area contributed by atoms with E-state index in [0.717, 1.165) is 0 Å². The Morgan fingerprint density at radius 2 is 1.14 bits per heavy atom. The SMILES string of the molecule is O.O=[P+]([O-])[O-].[K+].[K+]. The first-order valence-corrected chi connectivity index (χ1v) is 1.64. The van der Waals surface area contributed by atoms with Crippen LogP contribution in [0.5, 0.6) is 0 Å². The molecule has 7 heavy (non-hydrogen) atoms. The first-order chi connectivity index (χ1) is 1.73. The fourth-order valence-corrected chi connectivity index (χ4v) is 0. The van der Waals surface area contributed by atoms with Crippen LogP contribution in [-0.2, 0) is 4.57 Å². The van der Waals surface area contributed by atoms with Crippen molar-refractivity contribution in [1.82, 2.24) is 0 Å². The molecule has 0 bridgehead atoms. The first kappa shape index (κ1) is 22.5. The molecule has 4 nitrogen and oxygen atoms in total. The summed E-state index contributed by atoms with van der Waals surface area (Å²) < 4.78 is 8.48. The Labute approximate surface area is 127 Å². The predicted molar refractivity (Wildman–Crippen MR) is 11.2 cm³/mol. The van der Waals surface area contributed by atoms with Gasteiger partial charge in [0, 0.05) is 0 Å². The van der Waals surface area contributed by atoms with Crippen LogP contribution >= 0.6 is 8.25 Å². The van der Waals surface area contributed by atoms with Crippen LogP contribution in [0.25, 0.3) is 0 Å². The molecule has 0 aliphatic carbocycles. The molecule has 7 heteroatoms. The van der Waals surface area contributed by atoms with Crippen molar-refractivity contribution in [2.75, 3.05) is 0 Å². The van der Waals surface area contributed by atoms with Crippen molar-refractivity contribution in [3.05, 3.63) is 0 Å². The molecule has 0 radical (unpaired) electrons. The summed E-state index contributed by atoms with van der Waals surface area (Å²) in [5, 5.41) is 0. The number of hydrogen-bond donors (Lipinski definition) is 0. The molecule has 2 N–H and O–H groups in total. The van der Waals surface area contributed by atoms with Crippen molar-refractivity contribution in [3.8, 4) is 0 Å². The molecule has 0 heterocycles. The molecular weight excluding hydrogens is 173 g/mol. The molecule has 0 unspecified atom stereocenters. The van der Waals surface area contributed by atoms with E-state index in [1.54, 1.807) is 0 Å². The third-order valence-electron chi connectivity index (χ3n) is 0. The quantitative estimate of drug-likeness (QED) is 0.270. The molecule has 0 fully saturated rings. The van der Waals surface area contributed by atoms with E-state index in [-0.39, 0.29) is 108 Å². The van der Waals surface area contributed by atoms with Crippen molar-refractivity contribution < 1.29 is 123 Å². The summed E-state index contributed by atoms with van der Waals surface area (Å²) in [6, 6.07) is 0. The molecule has 0 aromatic rings. The largest absolute Gasteiger partial charge is 1.00 e. The van der Waals surface area contributed by atoms with E-state index >= 15 is 0 Å². The second kappa shape index (κ2) is 16.1. The van der Waals surface area contributed by atoms with Crippen LogP contribution in [0.1, 0.15) is 0 Å². The van der Waals surface area contributed by atoms with E-state index in [1.807, 2.05) is 0 Å². The van der Waals surface area contributed by atoms with Crippen LogP contribution in [0.2, 0.25) is 0 Å². The minimum absolute atomic E-state index is 0. The van der Waals surface area contributed by atoms with Crippen LogP contribution in [0.15, 0.2) is 0 Å². The van der Waals surface area contributed by atoms with Crippen LogP contribution < -0.4 is 113 Å². The van der Waals surface area contributed by atoms with E-state index in [9.17, 15) is 0 Å². The fourth-order valence-electron chi connectivity index (χ4n) is 0. The molecule has 0 amide bonds. The predicted octanol–water partition coefficient (Wildman–Crippen LogP) is -8.45. The van der Waals surface area contributed by atoms with Crippen LogP contribution in [-0.4, -0.2) is 5.48 Å². The summed E-state index contributed by atoms with van der Waals surface area (Å²) in [6.07, 6.45) is 0. The summed E-state index contributed by atoms with van der Waals surface area (Å²) >= 11 is 0. The zero-order valence-electron chi connectivity index (χ0n) is 4.17. The molecule has 0 aliphatic rings. The monoisotopic (exact) mass is 175 g/mol. The Hall–Kier alpha value is 3.25. The summed E-state index contributed by atoms with van der Waals surface area (Å²) in [6.45, 7) is 0. The topological polar surface area (TPSA) is 94.7 Å². The van der Waals surface area contributed by atoms with Crippen molar-refractivity contribution in [2.24, 2.45) is 0 Å². The molecule has 0 aromatic heterocycles. The second-order valence-electron chi connectivity index (χ2n) is 0.224. The van der Waals surface area contributed by atoms with Gasteiger partial charge in [-0.1, -0.05) is 4.57 Å². The molecule has 0 spiro atoms. The van der Waals surface area contributed by atoms with Gasteiger partial charge >= 0.3 is 103 Å². The minimum atomic E-state index is -3.37. The number of hydrogen-bond acceptors (Lipinski definition) is 3. The Balaban J connectivity index is -0.0000000150. The average Bonchev–Trinajstić information content (AvgIpc) is 0.811. The van der Waals surface area contributed by atoms with Gasteiger partial charge in [0.1, 0.15) is 0 Å². The van der Waals surface area contributed by atoms with Crippen molar-refractivity contribution in [1.29, 1.82) is 0 Å². The molecule has 0 saturated carbocycles. The minimum Gasteiger partial charge on any atom is -0.598 e. The standard InChI is InChI=1S/2K.HO3P.H2O/c;;1-4(2)3;/h;;(H,1,2,3);1H2/q2*+1;;/p-1. The van der Waals surface area contributed by atoms with E-state index in [1.165, 1.54) is 0 Å². The molecule has 0 rings (SSSR count). The Morgan fingerprint density at radius 3 is 1.14 bits per heavy atom. The van der Waals surface area contributed by atoms with Gasteiger partial charge in [-0.05, 0) is 0 Å². The Kier molecular flexibility index (Phi) is 51.7. The van der Waals surface area contributed by atoms with Gasteiger partial charge in [-0.2, -0.15) is 0 Å². The second-order valence-corrected chi connectivity index (χ2v) is 0.671. The van der Waals surface area contributed by atoms with E-state index < -0.39 is 8.25 Å². The van der Waals surface area contributed by atoms with Gasteiger partial charge in [-0.3, -0.25) is 0 Å². The first-order valence-electron chi connectivity index (χ1n) is 0.548. The van der Waals surface area contributed by atoms with E-state index in [4.69, 9.17) is 14.4 Å². The van der Waals surface area contributed by atoms with Gasteiger partial charge < -0.3 is 15.3 Å².